The van der Waals surface area contributed by atoms with Crippen molar-refractivity contribution in [3.8, 4) is 5.75 Å². The molecule has 2 amide bonds. The van der Waals surface area contributed by atoms with Gasteiger partial charge in [0.05, 0.1) is 11.6 Å². The van der Waals surface area contributed by atoms with E-state index in [1.165, 1.54) is 4.90 Å². The van der Waals surface area contributed by atoms with E-state index in [4.69, 9.17) is 10.5 Å². The topological polar surface area (TPSA) is 109 Å². The summed E-state index contributed by atoms with van der Waals surface area (Å²) in [6.45, 7) is 3.92. The maximum Gasteiger partial charge on any atom is 0.265 e. The first-order valence-electron chi connectivity index (χ1n) is 10.9. The van der Waals surface area contributed by atoms with Crippen molar-refractivity contribution in [1.82, 2.24) is 14.9 Å². The molecule has 2 heterocycles. The number of nitrogens with two attached hydrogens (primary N) is 1. The fraction of sp³-hybridized carbons (Fsp3) is 0.320. The van der Waals surface area contributed by atoms with Crippen LogP contribution in [0.15, 0.2) is 60.8 Å². The Hall–Kier alpha value is -3.49. The molecule has 0 aliphatic carbocycles. The van der Waals surface area contributed by atoms with E-state index in [9.17, 15) is 14.8 Å². The first kappa shape index (κ1) is 22.7. The number of benzene rings is 2. The largest absolute Gasteiger partial charge is 0.489 e. The Kier molecular flexibility index (Phi) is 6.31. The number of aromatic nitrogens is 1. The molecule has 8 heteroatoms. The summed E-state index contributed by atoms with van der Waals surface area (Å²) in [6.07, 6.45) is 2.15. The number of carbonyl (C=O) groups excluding carboxylic acids is 2. The zero-order valence-corrected chi connectivity index (χ0v) is 18.8. The molecule has 0 bridgehead atoms. The number of nitrogens with zero attached hydrogens (tertiary/aromatic N) is 3. The monoisotopic (exact) mass is 448 g/mol. The van der Waals surface area contributed by atoms with Crippen molar-refractivity contribution >= 4 is 22.7 Å². The van der Waals surface area contributed by atoms with Crippen molar-refractivity contribution < 1.29 is 19.5 Å². The van der Waals surface area contributed by atoms with Crippen LogP contribution in [0.25, 0.3) is 10.9 Å². The van der Waals surface area contributed by atoms with E-state index in [2.05, 4.69) is 4.98 Å². The van der Waals surface area contributed by atoms with Gasteiger partial charge in [-0.05, 0) is 50.1 Å². The average Bonchev–Trinajstić information content (AvgIpc) is 3.12. The lowest BCUT2D eigenvalue weighted by Crippen LogP contribution is -2.48. The Morgan fingerprint density at radius 3 is 2.67 bits per heavy atom. The van der Waals surface area contributed by atoms with Gasteiger partial charge in [0, 0.05) is 23.7 Å². The van der Waals surface area contributed by atoms with Crippen LogP contribution >= 0.6 is 0 Å². The molecule has 8 nitrogen and oxygen atoms in total. The molecule has 1 atom stereocenters. The lowest BCUT2D eigenvalue weighted by molar-refractivity contribution is -0.174. The van der Waals surface area contributed by atoms with Crippen LogP contribution in [0.5, 0.6) is 5.75 Å². The van der Waals surface area contributed by atoms with Crippen LogP contribution in [-0.4, -0.2) is 51.1 Å². The zero-order chi connectivity index (χ0) is 23.6. The first-order chi connectivity index (χ1) is 15.8. The number of amides is 2. The molecule has 0 saturated carbocycles. The summed E-state index contributed by atoms with van der Waals surface area (Å²) >= 11 is 0. The van der Waals surface area contributed by atoms with Gasteiger partial charge in [0.1, 0.15) is 24.4 Å². The molecular formula is C25H28N4O4. The molecule has 0 radical (unpaired) electrons. The predicted molar refractivity (Wildman–Crippen MR) is 123 cm³/mol. The van der Waals surface area contributed by atoms with E-state index in [0.717, 1.165) is 16.5 Å². The molecule has 1 aliphatic rings. The van der Waals surface area contributed by atoms with Gasteiger partial charge in [-0.15, -0.1) is 0 Å². The highest BCUT2D eigenvalue weighted by molar-refractivity contribution is 5.92. The first-order valence-corrected chi connectivity index (χ1v) is 10.9. The van der Waals surface area contributed by atoms with Gasteiger partial charge in [-0.2, -0.15) is 0 Å². The highest BCUT2D eigenvalue weighted by atomic mass is 16.5. The highest BCUT2D eigenvalue weighted by Gasteiger charge is 2.45. The summed E-state index contributed by atoms with van der Waals surface area (Å²) in [5, 5.41) is 11.5. The van der Waals surface area contributed by atoms with Crippen molar-refractivity contribution in [2.45, 2.75) is 38.5 Å². The smallest absolute Gasteiger partial charge is 0.265 e. The van der Waals surface area contributed by atoms with Crippen molar-refractivity contribution in [1.29, 1.82) is 0 Å². The van der Waals surface area contributed by atoms with Gasteiger partial charge in [-0.25, -0.2) is 5.06 Å². The third-order valence-electron chi connectivity index (χ3n) is 6.02. The standard InChI is InChI=1S/C25H28N4O4/c1-17(2)29(32)23(30)15-28-14-12-25(26,24(28)31)19-7-9-20(10-8-19)33-16-18-11-13-27-22-6-4-3-5-21(18)22/h3-11,13,17,32H,12,14-16,26H2,1-2H3. The number of rotatable bonds is 7. The predicted octanol–water partition coefficient (Wildman–Crippen LogP) is 2.83. The van der Waals surface area contributed by atoms with E-state index < -0.39 is 11.4 Å². The van der Waals surface area contributed by atoms with Crippen LogP contribution in [0, 0.1) is 0 Å². The Balaban J connectivity index is 1.42. The molecule has 0 spiro atoms. The molecule has 3 N–H and O–H groups in total. The molecule has 1 saturated heterocycles. The number of likely N-dealkylation sites (tertiary alicyclic amines) is 1. The molecule has 172 valence electrons. The fourth-order valence-corrected chi connectivity index (χ4v) is 4.03. The number of hydrogen-bond donors (Lipinski definition) is 2. The third-order valence-corrected chi connectivity index (χ3v) is 6.02. The minimum absolute atomic E-state index is 0.201. The molecule has 3 aromatic rings. The second-order valence-corrected chi connectivity index (χ2v) is 8.58. The van der Waals surface area contributed by atoms with E-state index in [1.54, 1.807) is 44.3 Å². The minimum atomic E-state index is -1.21. The molecule has 33 heavy (non-hydrogen) atoms. The van der Waals surface area contributed by atoms with Crippen molar-refractivity contribution in [2.24, 2.45) is 5.73 Å². The third kappa shape index (κ3) is 4.53. The summed E-state index contributed by atoms with van der Waals surface area (Å²) in [4.78, 5) is 30.9. The van der Waals surface area contributed by atoms with Gasteiger partial charge in [0.15, 0.2) is 0 Å². The normalized spacial score (nSPS) is 18.2. The van der Waals surface area contributed by atoms with Crippen molar-refractivity contribution in [3.05, 3.63) is 71.9 Å². The SMILES string of the molecule is CC(C)N(O)C(=O)CN1CCC(N)(c2ccc(OCc3ccnc4ccccc34)cc2)C1=O. The second-order valence-electron chi connectivity index (χ2n) is 8.58. The van der Waals surface area contributed by atoms with Gasteiger partial charge in [-0.3, -0.25) is 19.8 Å². The number of carbonyl (C=O) groups is 2. The number of hydrogen-bond acceptors (Lipinski definition) is 6. The minimum Gasteiger partial charge on any atom is -0.489 e. The maximum atomic E-state index is 13.0. The number of fused-ring (bicyclic) bond motifs is 1. The van der Waals surface area contributed by atoms with Crippen LogP contribution in [0.4, 0.5) is 0 Å². The maximum absolute atomic E-state index is 13.0. The van der Waals surface area contributed by atoms with Crippen LogP contribution in [-0.2, 0) is 21.7 Å². The van der Waals surface area contributed by atoms with Crippen molar-refractivity contribution in [3.63, 3.8) is 0 Å². The number of hydroxylamine groups is 2. The summed E-state index contributed by atoms with van der Waals surface area (Å²) < 4.78 is 5.96. The zero-order valence-electron chi connectivity index (χ0n) is 18.8. The summed E-state index contributed by atoms with van der Waals surface area (Å²) in [5.41, 5.74) is 7.88. The Morgan fingerprint density at radius 2 is 1.94 bits per heavy atom. The number of ether oxygens (including phenoxy) is 1. The lowest BCUT2D eigenvalue weighted by Gasteiger charge is -2.25. The van der Waals surface area contributed by atoms with Gasteiger partial charge in [0.2, 0.25) is 5.91 Å². The summed E-state index contributed by atoms with van der Waals surface area (Å²) in [6, 6.07) is 16.6. The van der Waals surface area contributed by atoms with Gasteiger partial charge < -0.3 is 15.4 Å². The summed E-state index contributed by atoms with van der Waals surface area (Å²) in [5.74, 6) is -0.200. The van der Waals surface area contributed by atoms with E-state index in [-0.39, 0.29) is 18.5 Å². The molecule has 1 aliphatic heterocycles. The second kappa shape index (κ2) is 9.17. The Bertz CT molecular complexity index is 1160. The highest BCUT2D eigenvalue weighted by Crippen LogP contribution is 2.32. The van der Waals surface area contributed by atoms with E-state index in [1.807, 2.05) is 30.3 Å². The van der Waals surface area contributed by atoms with Gasteiger partial charge in [-0.1, -0.05) is 30.3 Å². The van der Waals surface area contributed by atoms with Gasteiger partial charge in [0.25, 0.3) is 5.91 Å². The molecule has 1 aromatic heterocycles. The van der Waals surface area contributed by atoms with Crippen LogP contribution in [0.1, 0.15) is 31.4 Å². The Labute approximate surface area is 192 Å². The molecule has 1 unspecified atom stereocenters. The van der Waals surface area contributed by atoms with Crippen LogP contribution in [0.2, 0.25) is 0 Å². The van der Waals surface area contributed by atoms with Crippen molar-refractivity contribution in [2.75, 3.05) is 13.1 Å². The molecule has 4 rings (SSSR count). The lowest BCUT2D eigenvalue weighted by atomic mass is 9.89. The molecular weight excluding hydrogens is 420 g/mol. The van der Waals surface area contributed by atoms with Gasteiger partial charge >= 0.3 is 0 Å². The Morgan fingerprint density at radius 1 is 1.21 bits per heavy atom. The number of para-hydroxylation sites is 1. The van der Waals surface area contributed by atoms with Crippen LogP contribution in [0.3, 0.4) is 0 Å². The number of pyridine rings is 1. The van der Waals surface area contributed by atoms with Crippen LogP contribution < -0.4 is 10.5 Å². The summed E-state index contributed by atoms with van der Waals surface area (Å²) in [7, 11) is 0. The quantitative estimate of drug-likeness (QED) is 0.425. The average molecular weight is 449 g/mol. The van der Waals surface area contributed by atoms with E-state index in [0.29, 0.717) is 35.9 Å². The fourth-order valence-electron chi connectivity index (χ4n) is 4.03. The molecule has 1 fully saturated rings. The molecule has 2 aromatic carbocycles. The van der Waals surface area contributed by atoms with E-state index >= 15 is 0 Å².